The molecule has 0 amide bonds. The summed E-state index contributed by atoms with van der Waals surface area (Å²) in [6, 6.07) is 5.85. The van der Waals surface area contributed by atoms with Crippen molar-refractivity contribution in [2.45, 2.75) is 64.2 Å². The Morgan fingerprint density at radius 2 is 1.58 bits per heavy atom. The van der Waals surface area contributed by atoms with Gasteiger partial charge in [-0.05, 0) is 49.9 Å². The number of carboxylic acid groups (broad SMARTS) is 2. The number of hydrogen-bond acceptors (Lipinski definition) is 4. The van der Waals surface area contributed by atoms with Crippen LogP contribution in [0.15, 0.2) is 46.2 Å². The first-order valence-electron chi connectivity index (χ1n) is 9.97. The molecule has 0 radical (unpaired) electrons. The number of carboxylic acids is 2. The summed E-state index contributed by atoms with van der Waals surface area (Å²) in [5.41, 5.74) is 1.55. The minimum absolute atomic E-state index is 0.0370. The number of aryl methyl sites for hydroxylation is 2. The van der Waals surface area contributed by atoms with Crippen molar-refractivity contribution in [1.29, 1.82) is 0 Å². The minimum Gasteiger partial charge on any atom is -0.480 e. The van der Waals surface area contributed by atoms with E-state index in [0.29, 0.717) is 12.8 Å². The van der Waals surface area contributed by atoms with E-state index in [0.717, 1.165) is 24.0 Å². The Morgan fingerprint density at radius 3 is 1.94 bits per heavy atom. The molecule has 0 aliphatic carbocycles. The van der Waals surface area contributed by atoms with Gasteiger partial charge in [-0.25, -0.2) is 4.79 Å². The van der Waals surface area contributed by atoms with E-state index in [2.05, 4.69) is 20.9 Å². The van der Waals surface area contributed by atoms with Gasteiger partial charge >= 0.3 is 11.9 Å². The summed E-state index contributed by atoms with van der Waals surface area (Å²) in [5, 5.41) is 17.3. The van der Waals surface area contributed by atoms with Gasteiger partial charge < -0.3 is 19.8 Å². The highest BCUT2D eigenvalue weighted by atomic mass is 79.9. The van der Waals surface area contributed by atoms with Crippen molar-refractivity contribution in [3.63, 3.8) is 0 Å². The molecule has 0 saturated heterocycles. The van der Waals surface area contributed by atoms with E-state index < -0.39 is 18.0 Å². The van der Waals surface area contributed by atoms with Gasteiger partial charge in [-0.3, -0.25) is 14.4 Å². The number of carbonyl (C=O) groups is 2. The molecule has 172 valence electrons. The topological polar surface area (TPSA) is 129 Å². The molecule has 0 bridgehead atoms. The zero-order valence-corrected chi connectivity index (χ0v) is 19.9. The second-order valence-corrected chi connectivity index (χ2v) is 8.02. The van der Waals surface area contributed by atoms with Crippen LogP contribution in [0, 0.1) is 13.8 Å². The van der Waals surface area contributed by atoms with Crippen LogP contribution in [0.2, 0.25) is 0 Å². The number of alkyl halides is 1. The van der Waals surface area contributed by atoms with Crippen molar-refractivity contribution in [2.24, 2.45) is 0 Å². The molecule has 2 rings (SSSR count). The van der Waals surface area contributed by atoms with E-state index >= 15 is 0 Å². The largest absolute Gasteiger partial charge is 0.480 e. The molecule has 2 heterocycles. The Morgan fingerprint density at radius 1 is 1.00 bits per heavy atom. The van der Waals surface area contributed by atoms with Crippen molar-refractivity contribution < 1.29 is 19.8 Å². The molecule has 0 unspecified atom stereocenters. The van der Waals surface area contributed by atoms with Gasteiger partial charge in [0.25, 0.3) is 5.56 Å². The first-order valence-corrected chi connectivity index (χ1v) is 10.9. The second kappa shape index (κ2) is 15.2. The number of rotatable bonds is 7. The third-order valence-electron chi connectivity index (χ3n) is 4.03. The number of nitrogens with zero attached hydrogens (tertiary/aromatic N) is 1. The molecular weight excluding hydrogens is 468 g/mol. The molecule has 2 atom stereocenters. The van der Waals surface area contributed by atoms with Gasteiger partial charge in [-0.2, -0.15) is 0 Å². The molecule has 8 nitrogen and oxygen atoms in total. The van der Waals surface area contributed by atoms with Gasteiger partial charge in [0.15, 0.2) is 0 Å². The molecule has 2 aromatic heterocycles. The number of H-pyrrole nitrogens is 1. The van der Waals surface area contributed by atoms with Crippen LogP contribution in [-0.4, -0.2) is 36.5 Å². The number of hydrogen-bond donors (Lipinski definition) is 3. The molecule has 0 aromatic carbocycles. The van der Waals surface area contributed by atoms with Crippen molar-refractivity contribution in [1.82, 2.24) is 9.55 Å². The number of aromatic amines is 1. The lowest BCUT2D eigenvalue weighted by atomic mass is 10.1. The first kappa shape index (κ1) is 28.3. The van der Waals surface area contributed by atoms with Crippen molar-refractivity contribution >= 4 is 27.9 Å². The molecule has 2 aromatic rings. The van der Waals surface area contributed by atoms with E-state index in [-0.39, 0.29) is 15.9 Å². The molecule has 3 N–H and O–H groups in total. The van der Waals surface area contributed by atoms with Crippen LogP contribution in [0.4, 0.5) is 0 Å². The zero-order chi connectivity index (χ0) is 24.0. The Bertz CT molecular complexity index is 938. The first-order chi connectivity index (χ1) is 14.5. The van der Waals surface area contributed by atoms with Crippen LogP contribution < -0.4 is 11.1 Å². The molecule has 0 aliphatic heterocycles. The number of aromatic nitrogens is 2. The monoisotopic (exact) mass is 498 g/mol. The van der Waals surface area contributed by atoms with Crippen LogP contribution in [0.3, 0.4) is 0 Å². The fraction of sp³-hybridized carbons (Fsp3) is 0.455. The predicted molar refractivity (Wildman–Crippen MR) is 124 cm³/mol. The van der Waals surface area contributed by atoms with Crippen molar-refractivity contribution in [3.05, 3.63) is 68.5 Å². The molecule has 9 heteroatoms. The predicted octanol–water partition coefficient (Wildman–Crippen LogP) is 3.90. The second-order valence-electron chi connectivity index (χ2n) is 6.92. The maximum atomic E-state index is 11.6. The van der Waals surface area contributed by atoms with Crippen LogP contribution in [0.5, 0.6) is 0 Å². The van der Waals surface area contributed by atoms with Gasteiger partial charge in [0.2, 0.25) is 5.56 Å². The molecule has 0 saturated carbocycles. The highest BCUT2D eigenvalue weighted by molar-refractivity contribution is 9.10. The summed E-state index contributed by atoms with van der Waals surface area (Å²) in [6.45, 7) is 7.54. The number of aliphatic carboxylic acids is 2. The average molecular weight is 499 g/mol. The lowest BCUT2D eigenvalue weighted by Gasteiger charge is -2.14. The summed E-state index contributed by atoms with van der Waals surface area (Å²) in [5.74, 6) is -1.73. The lowest BCUT2D eigenvalue weighted by molar-refractivity contribution is -0.141. The van der Waals surface area contributed by atoms with Gasteiger partial charge in [-0.1, -0.05) is 42.6 Å². The smallest absolute Gasteiger partial charge is 0.326 e. The molecule has 0 fully saturated rings. The fourth-order valence-electron chi connectivity index (χ4n) is 2.43. The highest BCUT2D eigenvalue weighted by Gasteiger charge is 2.18. The average Bonchev–Trinajstić information content (AvgIpc) is 2.67. The lowest BCUT2D eigenvalue weighted by Crippen LogP contribution is -2.29. The Balaban J connectivity index is 0.000000477. The van der Waals surface area contributed by atoms with E-state index in [1.165, 1.54) is 10.6 Å². The van der Waals surface area contributed by atoms with Gasteiger partial charge in [-0.15, -0.1) is 0 Å². The van der Waals surface area contributed by atoms with Crippen molar-refractivity contribution in [2.75, 3.05) is 0 Å². The minimum atomic E-state index is -0.956. The van der Waals surface area contributed by atoms with E-state index in [1.807, 2.05) is 26.8 Å². The summed E-state index contributed by atoms with van der Waals surface area (Å²) >= 11 is 3.00. The zero-order valence-electron chi connectivity index (χ0n) is 18.3. The van der Waals surface area contributed by atoms with Crippen LogP contribution >= 0.6 is 15.9 Å². The van der Waals surface area contributed by atoms with E-state index in [9.17, 15) is 19.2 Å². The Labute approximate surface area is 190 Å². The molecular formula is C22H31BrN2O6. The summed E-state index contributed by atoms with van der Waals surface area (Å²) in [4.78, 5) is 45.2. The highest BCUT2D eigenvalue weighted by Crippen LogP contribution is 2.11. The van der Waals surface area contributed by atoms with E-state index in [4.69, 9.17) is 10.2 Å². The summed E-state index contributed by atoms with van der Waals surface area (Å²) < 4.78 is 1.28. The maximum Gasteiger partial charge on any atom is 0.326 e. The van der Waals surface area contributed by atoms with Crippen LogP contribution in [0.1, 0.15) is 56.7 Å². The Hall–Kier alpha value is -2.68. The normalized spacial score (nSPS) is 11.8. The van der Waals surface area contributed by atoms with Crippen LogP contribution in [0.25, 0.3) is 0 Å². The van der Waals surface area contributed by atoms with Gasteiger partial charge in [0, 0.05) is 24.5 Å². The quantitative estimate of drug-likeness (QED) is 0.496. The van der Waals surface area contributed by atoms with Gasteiger partial charge in [0.05, 0.1) is 0 Å². The van der Waals surface area contributed by atoms with Crippen molar-refractivity contribution in [3.8, 4) is 0 Å². The number of halogens is 1. The standard InChI is InChI=1S/C11H15NO3.C6H7NO.C5H9BrO2/c1-3-4-9(11(14)15)12-6-5-8(2)7-10(12)13;1-5-2-3-7-6(8)4-5;1-2-3-4(6)5(7)8/h5-7,9H,3-4H2,1-2H3,(H,14,15);2-4H,1H3,(H,7,8);4H,2-3H2,1H3,(H,7,8)/t9-;;4-/m0.1/s1. The van der Waals surface area contributed by atoms with Crippen LogP contribution in [-0.2, 0) is 9.59 Å². The maximum absolute atomic E-state index is 11.6. The third kappa shape index (κ3) is 11.9. The van der Waals surface area contributed by atoms with E-state index in [1.54, 1.807) is 31.5 Å². The fourth-order valence-corrected chi connectivity index (χ4v) is 2.89. The molecule has 31 heavy (non-hydrogen) atoms. The molecule has 0 spiro atoms. The number of nitrogens with one attached hydrogen (secondary N) is 1. The third-order valence-corrected chi connectivity index (χ3v) is 4.88. The summed E-state index contributed by atoms with van der Waals surface area (Å²) in [7, 11) is 0. The Kier molecular flexibility index (Phi) is 13.9. The van der Waals surface area contributed by atoms with Gasteiger partial charge in [0.1, 0.15) is 10.9 Å². The SMILES string of the molecule is CCC[C@@H](Br)C(=O)O.CCC[C@@H](C(=O)O)n1ccc(C)cc1=O.Cc1cc[nH]c(=O)c1. The number of pyridine rings is 2. The summed E-state index contributed by atoms with van der Waals surface area (Å²) in [6.07, 6.45) is 6.00. The molecule has 0 aliphatic rings.